The number of ether oxygens (including phenoxy) is 1. The second kappa shape index (κ2) is 9.23. The lowest BCUT2D eigenvalue weighted by Gasteiger charge is -2.12. The van der Waals surface area contributed by atoms with Gasteiger partial charge >= 0.3 is 0 Å². The number of hydrogen-bond acceptors (Lipinski definition) is 4. The largest absolute Gasteiger partial charge is 0.481 e. The van der Waals surface area contributed by atoms with Crippen LogP contribution in [-0.2, 0) is 20.1 Å². The Bertz CT molecular complexity index is 613. The SMILES string of the molecule is CN=C(NCc1ccnc(OC)c1)NCc1ccnn1C.I. The minimum atomic E-state index is 0. The van der Waals surface area contributed by atoms with E-state index in [0.29, 0.717) is 19.0 Å². The van der Waals surface area contributed by atoms with Gasteiger partial charge in [0.2, 0.25) is 5.88 Å². The minimum Gasteiger partial charge on any atom is -0.481 e. The lowest BCUT2D eigenvalue weighted by molar-refractivity contribution is 0.397. The van der Waals surface area contributed by atoms with Crippen molar-refractivity contribution in [1.29, 1.82) is 0 Å². The number of methoxy groups -OCH3 is 1. The Morgan fingerprint density at radius 1 is 1.27 bits per heavy atom. The molecular formula is C14H21IN6O. The summed E-state index contributed by atoms with van der Waals surface area (Å²) < 4.78 is 6.93. The van der Waals surface area contributed by atoms with E-state index in [9.17, 15) is 0 Å². The summed E-state index contributed by atoms with van der Waals surface area (Å²) >= 11 is 0. The van der Waals surface area contributed by atoms with Gasteiger partial charge in [0.05, 0.1) is 19.3 Å². The van der Waals surface area contributed by atoms with E-state index in [-0.39, 0.29) is 24.0 Å². The molecule has 2 heterocycles. The van der Waals surface area contributed by atoms with Crippen molar-refractivity contribution in [2.24, 2.45) is 12.0 Å². The van der Waals surface area contributed by atoms with Gasteiger partial charge in [-0.25, -0.2) is 4.98 Å². The van der Waals surface area contributed by atoms with Crippen molar-refractivity contribution in [2.45, 2.75) is 13.1 Å². The van der Waals surface area contributed by atoms with Crippen molar-refractivity contribution >= 4 is 29.9 Å². The van der Waals surface area contributed by atoms with Gasteiger partial charge in [-0.15, -0.1) is 24.0 Å². The highest BCUT2D eigenvalue weighted by molar-refractivity contribution is 14.0. The first kappa shape index (κ1) is 18.2. The van der Waals surface area contributed by atoms with Crippen molar-refractivity contribution in [3.05, 3.63) is 41.9 Å². The molecule has 2 N–H and O–H groups in total. The molecule has 0 aliphatic heterocycles. The third-order valence-corrected chi connectivity index (χ3v) is 3.05. The number of nitrogens with one attached hydrogen (secondary N) is 2. The molecule has 2 aromatic rings. The van der Waals surface area contributed by atoms with Crippen LogP contribution < -0.4 is 15.4 Å². The Morgan fingerprint density at radius 3 is 2.68 bits per heavy atom. The predicted molar refractivity (Wildman–Crippen MR) is 96.5 cm³/mol. The van der Waals surface area contributed by atoms with Crippen LogP contribution in [-0.4, -0.2) is 34.9 Å². The first-order valence-electron chi connectivity index (χ1n) is 6.63. The van der Waals surface area contributed by atoms with Gasteiger partial charge in [0.25, 0.3) is 0 Å². The lowest BCUT2D eigenvalue weighted by atomic mass is 10.2. The average Bonchev–Trinajstić information content (AvgIpc) is 2.93. The number of rotatable bonds is 5. The zero-order valence-corrected chi connectivity index (χ0v) is 15.2. The molecule has 0 amide bonds. The molecule has 0 spiro atoms. The van der Waals surface area contributed by atoms with E-state index in [0.717, 1.165) is 17.2 Å². The summed E-state index contributed by atoms with van der Waals surface area (Å²) in [5.41, 5.74) is 2.16. The molecule has 120 valence electrons. The zero-order chi connectivity index (χ0) is 15.1. The Morgan fingerprint density at radius 2 is 2.05 bits per heavy atom. The average molecular weight is 416 g/mol. The molecule has 0 fully saturated rings. The fourth-order valence-electron chi connectivity index (χ4n) is 1.83. The number of aromatic nitrogens is 3. The Balaban J connectivity index is 0.00000242. The second-order valence-electron chi connectivity index (χ2n) is 4.43. The Labute approximate surface area is 147 Å². The van der Waals surface area contributed by atoms with Crippen molar-refractivity contribution < 1.29 is 4.74 Å². The molecule has 0 radical (unpaired) electrons. The number of nitrogens with zero attached hydrogens (tertiary/aromatic N) is 4. The first-order chi connectivity index (χ1) is 10.2. The van der Waals surface area contributed by atoms with Gasteiger partial charge < -0.3 is 15.4 Å². The molecule has 0 saturated heterocycles. The fourth-order valence-corrected chi connectivity index (χ4v) is 1.83. The van der Waals surface area contributed by atoms with Gasteiger partial charge in [0, 0.05) is 39.1 Å². The summed E-state index contributed by atoms with van der Waals surface area (Å²) in [6.07, 6.45) is 3.50. The van der Waals surface area contributed by atoms with Gasteiger partial charge in [-0.05, 0) is 17.7 Å². The molecular weight excluding hydrogens is 395 g/mol. The van der Waals surface area contributed by atoms with Crippen molar-refractivity contribution in [1.82, 2.24) is 25.4 Å². The molecule has 0 unspecified atom stereocenters. The summed E-state index contributed by atoms with van der Waals surface area (Å²) in [5.74, 6) is 1.33. The Kier molecular flexibility index (Phi) is 7.64. The summed E-state index contributed by atoms with van der Waals surface area (Å²) in [6, 6.07) is 5.79. The van der Waals surface area contributed by atoms with Crippen molar-refractivity contribution in [3.8, 4) is 5.88 Å². The molecule has 2 rings (SSSR count). The maximum Gasteiger partial charge on any atom is 0.213 e. The van der Waals surface area contributed by atoms with Gasteiger partial charge in [0.1, 0.15) is 0 Å². The van der Waals surface area contributed by atoms with Crippen molar-refractivity contribution in [2.75, 3.05) is 14.2 Å². The smallest absolute Gasteiger partial charge is 0.213 e. The number of pyridine rings is 1. The highest BCUT2D eigenvalue weighted by atomic mass is 127. The van der Waals surface area contributed by atoms with Gasteiger partial charge in [-0.2, -0.15) is 5.10 Å². The molecule has 0 saturated carbocycles. The van der Waals surface area contributed by atoms with Crippen LogP contribution in [0.4, 0.5) is 0 Å². The standard InChI is InChI=1S/C14H20N6O.HI/c1-15-14(18-10-12-5-7-19-20(12)2)17-9-11-4-6-16-13(8-11)21-3;/h4-8H,9-10H2,1-3H3,(H2,15,17,18);1H. The molecule has 22 heavy (non-hydrogen) atoms. The summed E-state index contributed by atoms with van der Waals surface area (Å²) in [7, 11) is 5.26. The zero-order valence-electron chi connectivity index (χ0n) is 12.9. The van der Waals surface area contributed by atoms with Crippen LogP contribution in [0, 0.1) is 0 Å². The van der Waals surface area contributed by atoms with E-state index < -0.39 is 0 Å². The summed E-state index contributed by atoms with van der Waals surface area (Å²) in [6.45, 7) is 1.31. The number of aliphatic imine (C=N–C) groups is 1. The van der Waals surface area contributed by atoms with Crippen LogP contribution in [0.5, 0.6) is 5.88 Å². The third-order valence-electron chi connectivity index (χ3n) is 3.05. The molecule has 0 atom stereocenters. The van der Waals surface area contributed by atoms with Gasteiger partial charge in [0.15, 0.2) is 5.96 Å². The first-order valence-corrected chi connectivity index (χ1v) is 6.63. The van der Waals surface area contributed by atoms with Crippen LogP contribution in [0.2, 0.25) is 0 Å². The number of halogens is 1. The summed E-state index contributed by atoms with van der Waals surface area (Å²) in [4.78, 5) is 8.27. The predicted octanol–water partition coefficient (Wildman–Crippen LogP) is 1.31. The van der Waals surface area contributed by atoms with E-state index in [1.165, 1.54) is 0 Å². The topological polar surface area (TPSA) is 76.4 Å². The highest BCUT2D eigenvalue weighted by Crippen LogP contribution is 2.07. The van der Waals surface area contributed by atoms with Crippen LogP contribution >= 0.6 is 24.0 Å². The van der Waals surface area contributed by atoms with E-state index >= 15 is 0 Å². The Hall–Kier alpha value is -1.84. The molecule has 7 nitrogen and oxygen atoms in total. The molecule has 8 heteroatoms. The van der Waals surface area contributed by atoms with Crippen molar-refractivity contribution in [3.63, 3.8) is 0 Å². The van der Waals surface area contributed by atoms with Gasteiger partial charge in [-0.1, -0.05) is 0 Å². The van der Waals surface area contributed by atoms with Crippen LogP contribution in [0.3, 0.4) is 0 Å². The normalized spacial score (nSPS) is 10.8. The number of guanidine groups is 1. The summed E-state index contributed by atoms with van der Waals surface area (Å²) in [5, 5.41) is 10.6. The van der Waals surface area contributed by atoms with Crippen LogP contribution in [0.15, 0.2) is 35.6 Å². The number of aryl methyl sites for hydroxylation is 1. The fraction of sp³-hybridized carbons (Fsp3) is 0.357. The van der Waals surface area contributed by atoms with E-state index in [4.69, 9.17) is 4.74 Å². The lowest BCUT2D eigenvalue weighted by Crippen LogP contribution is -2.36. The maximum atomic E-state index is 5.10. The molecule has 2 aromatic heterocycles. The molecule has 0 aliphatic carbocycles. The third kappa shape index (κ3) is 5.17. The van der Waals surface area contributed by atoms with E-state index in [2.05, 4.69) is 25.7 Å². The van der Waals surface area contributed by atoms with Crippen LogP contribution in [0.1, 0.15) is 11.3 Å². The van der Waals surface area contributed by atoms with E-state index in [1.807, 2.05) is 29.9 Å². The maximum absolute atomic E-state index is 5.10. The highest BCUT2D eigenvalue weighted by Gasteiger charge is 2.02. The molecule has 0 aliphatic rings. The minimum absolute atomic E-state index is 0. The second-order valence-corrected chi connectivity index (χ2v) is 4.43. The van der Waals surface area contributed by atoms with Gasteiger partial charge in [-0.3, -0.25) is 9.67 Å². The monoisotopic (exact) mass is 416 g/mol. The number of hydrogen-bond donors (Lipinski definition) is 2. The molecule has 0 aromatic carbocycles. The molecule has 0 bridgehead atoms. The van der Waals surface area contributed by atoms with Crippen LogP contribution in [0.25, 0.3) is 0 Å². The van der Waals surface area contributed by atoms with E-state index in [1.54, 1.807) is 26.6 Å². The quantitative estimate of drug-likeness (QED) is 0.437.